The number of ketones is 1. The van der Waals surface area contributed by atoms with Crippen molar-refractivity contribution in [2.24, 2.45) is 11.3 Å². The zero-order chi connectivity index (χ0) is 20.1. The highest BCUT2D eigenvalue weighted by atomic mass is 16.7. The van der Waals surface area contributed by atoms with E-state index in [1.165, 1.54) is 13.8 Å². The van der Waals surface area contributed by atoms with E-state index in [9.17, 15) is 24.9 Å². The van der Waals surface area contributed by atoms with Gasteiger partial charge in [0, 0.05) is 11.0 Å². The van der Waals surface area contributed by atoms with Crippen LogP contribution in [0.3, 0.4) is 0 Å². The smallest absolute Gasteiger partial charge is 0.334 e. The predicted octanol–water partition coefficient (Wildman–Crippen LogP) is -0.619. The molecule has 0 radical (unpaired) electrons. The fourth-order valence-corrected chi connectivity index (χ4v) is 7.16. The van der Waals surface area contributed by atoms with Crippen LogP contribution in [0.2, 0.25) is 0 Å². The van der Waals surface area contributed by atoms with Crippen LogP contribution in [0.15, 0.2) is 11.1 Å². The summed E-state index contributed by atoms with van der Waals surface area (Å²) in [7, 11) is 0. The van der Waals surface area contributed by atoms with E-state index < -0.39 is 51.9 Å². The van der Waals surface area contributed by atoms with Gasteiger partial charge in [0.1, 0.15) is 12.7 Å². The number of aliphatic hydroxyl groups is 3. The largest absolute Gasteiger partial charge is 0.458 e. The van der Waals surface area contributed by atoms with Crippen LogP contribution in [-0.4, -0.2) is 74.4 Å². The van der Waals surface area contributed by atoms with Gasteiger partial charge in [-0.1, -0.05) is 6.92 Å². The zero-order valence-electron chi connectivity index (χ0n) is 16.0. The summed E-state index contributed by atoms with van der Waals surface area (Å²) in [6, 6.07) is 0. The third-order valence-corrected chi connectivity index (χ3v) is 8.71. The summed E-state index contributed by atoms with van der Waals surface area (Å²) in [6.45, 7) is 5.01. The van der Waals surface area contributed by atoms with E-state index >= 15 is 0 Å². The Morgan fingerprint density at radius 2 is 1.93 bits per heavy atom. The highest BCUT2D eigenvalue weighted by molar-refractivity contribution is 5.99. The number of carbonyl (C=O) groups excluding carboxylic acids is 2. The number of epoxide rings is 1. The Balaban J connectivity index is 1.54. The normalized spacial score (nSPS) is 56.2. The second kappa shape index (κ2) is 4.39. The van der Waals surface area contributed by atoms with Crippen molar-refractivity contribution in [3.05, 3.63) is 11.1 Å². The lowest BCUT2D eigenvalue weighted by Crippen LogP contribution is -2.89. The van der Waals surface area contributed by atoms with E-state index in [1.807, 2.05) is 6.92 Å². The lowest BCUT2D eigenvalue weighted by molar-refractivity contribution is -0.337. The van der Waals surface area contributed by atoms with Gasteiger partial charge in [-0.25, -0.2) is 4.79 Å². The number of ether oxygens (including phenoxy) is 3. The molecule has 3 N–H and O–H groups in total. The minimum Gasteiger partial charge on any atom is -0.458 e. The first-order valence-electron chi connectivity index (χ1n) is 9.88. The van der Waals surface area contributed by atoms with Crippen LogP contribution in [-0.2, 0) is 23.8 Å². The lowest BCUT2D eigenvalue weighted by Gasteiger charge is -2.68. The predicted molar refractivity (Wildman–Crippen MR) is 90.9 cm³/mol. The summed E-state index contributed by atoms with van der Waals surface area (Å²) >= 11 is 0. The third-order valence-electron chi connectivity index (χ3n) is 8.71. The van der Waals surface area contributed by atoms with Crippen molar-refractivity contribution in [1.82, 2.24) is 0 Å². The molecule has 4 bridgehead atoms. The fourth-order valence-electron chi connectivity index (χ4n) is 7.16. The first-order chi connectivity index (χ1) is 12.9. The highest BCUT2D eigenvalue weighted by Gasteiger charge is 2.94. The molecule has 28 heavy (non-hydrogen) atoms. The Kier molecular flexibility index (Phi) is 2.75. The fraction of sp³-hybridized carbons (Fsp3) is 0.800. The van der Waals surface area contributed by atoms with Crippen LogP contribution in [0.5, 0.6) is 0 Å². The van der Waals surface area contributed by atoms with E-state index in [4.69, 9.17) is 14.2 Å². The Bertz CT molecular complexity index is 887. The van der Waals surface area contributed by atoms with Crippen molar-refractivity contribution in [3.8, 4) is 0 Å². The number of fused-ring (bicyclic) bond motifs is 2. The summed E-state index contributed by atoms with van der Waals surface area (Å²) in [6.07, 6.45) is -1.74. The molecule has 5 fully saturated rings. The zero-order valence-corrected chi connectivity index (χ0v) is 16.0. The minimum absolute atomic E-state index is 0.154. The molecule has 0 amide bonds. The molecule has 8 nitrogen and oxygen atoms in total. The second-order valence-corrected chi connectivity index (χ2v) is 10.0. The van der Waals surface area contributed by atoms with E-state index in [0.29, 0.717) is 24.8 Å². The molecular formula is C20H24O8. The molecule has 8 heteroatoms. The molecule has 4 heterocycles. The lowest BCUT2D eigenvalue weighted by atomic mass is 9.41. The number of cyclic esters (lactones) is 1. The van der Waals surface area contributed by atoms with E-state index in [2.05, 4.69) is 0 Å². The van der Waals surface area contributed by atoms with Gasteiger partial charge in [0.25, 0.3) is 0 Å². The maximum Gasteiger partial charge on any atom is 0.334 e. The number of carbonyl (C=O) groups is 2. The molecule has 0 aromatic carbocycles. The van der Waals surface area contributed by atoms with E-state index in [0.717, 1.165) is 5.57 Å². The molecular weight excluding hydrogens is 368 g/mol. The standard InChI is InChI=1S/C20H24O8/c1-16(2,23)19-13-12(21)20(25)17(3)5-4-8-9(7-26-14(8)22)10(17)6-11(27-13)18(20,24)15(19)28-19/h10-11,13,15,23-25H,4-7H2,1-3H3/t10-,11?,13-,15+,17-,18+,19-,20+/m0/s1. The number of hydrogen-bond donors (Lipinski definition) is 3. The van der Waals surface area contributed by atoms with Crippen LogP contribution in [0.4, 0.5) is 0 Å². The van der Waals surface area contributed by atoms with Crippen LogP contribution >= 0.6 is 0 Å². The van der Waals surface area contributed by atoms with Crippen molar-refractivity contribution in [1.29, 1.82) is 0 Å². The van der Waals surface area contributed by atoms with Crippen LogP contribution in [0.1, 0.15) is 40.0 Å². The first-order valence-corrected chi connectivity index (χ1v) is 9.88. The van der Waals surface area contributed by atoms with Crippen molar-refractivity contribution in [2.45, 2.75) is 80.7 Å². The summed E-state index contributed by atoms with van der Waals surface area (Å²) in [5, 5.41) is 34.4. The molecule has 4 aliphatic heterocycles. The van der Waals surface area contributed by atoms with Crippen molar-refractivity contribution < 1.29 is 39.1 Å². The molecule has 3 saturated heterocycles. The minimum atomic E-state index is -2.09. The summed E-state index contributed by atoms with van der Waals surface area (Å²) in [5.74, 6) is -1.28. The number of esters is 1. The Morgan fingerprint density at radius 3 is 2.61 bits per heavy atom. The second-order valence-electron chi connectivity index (χ2n) is 10.0. The third kappa shape index (κ3) is 1.39. The topological polar surface area (TPSA) is 126 Å². The molecule has 0 aromatic rings. The van der Waals surface area contributed by atoms with Crippen molar-refractivity contribution >= 4 is 11.8 Å². The van der Waals surface area contributed by atoms with Crippen molar-refractivity contribution in [2.75, 3.05) is 6.61 Å². The molecule has 7 aliphatic rings. The van der Waals surface area contributed by atoms with Gasteiger partial charge in [0.05, 0.1) is 11.7 Å². The highest BCUT2D eigenvalue weighted by Crippen LogP contribution is 2.73. The Labute approximate surface area is 161 Å². The molecule has 7 rings (SSSR count). The number of Topliss-reactive ketones (excluding diaryl/α,β-unsaturated/α-hetero) is 1. The van der Waals surface area contributed by atoms with Gasteiger partial charge < -0.3 is 29.5 Å². The Morgan fingerprint density at radius 1 is 1.21 bits per heavy atom. The van der Waals surface area contributed by atoms with Gasteiger partial charge in [-0.05, 0) is 44.6 Å². The molecule has 3 aliphatic carbocycles. The summed E-state index contributed by atoms with van der Waals surface area (Å²) in [4.78, 5) is 25.6. The van der Waals surface area contributed by atoms with Gasteiger partial charge in [0.2, 0.25) is 0 Å². The van der Waals surface area contributed by atoms with Gasteiger partial charge in [0.15, 0.2) is 28.7 Å². The molecule has 152 valence electrons. The SMILES string of the molecule is CC(C)(O)[C@@]12O[C@@H]1[C@]1(O)C3C[C@H]4C5=C(CC[C@]4(C)[C@]1(O)C(=O)[C@@H]2O3)C(=O)OC5. The van der Waals surface area contributed by atoms with Crippen molar-refractivity contribution in [3.63, 3.8) is 0 Å². The van der Waals surface area contributed by atoms with Gasteiger partial charge in [-0.15, -0.1) is 0 Å². The molecule has 2 saturated carbocycles. The molecule has 1 unspecified atom stereocenters. The number of rotatable bonds is 1. The quantitative estimate of drug-likeness (QED) is 0.398. The first kappa shape index (κ1) is 17.5. The average Bonchev–Trinajstić information content (AvgIpc) is 3.30. The molecule has 8 atom stereocenters. The van der Waals surface area contributed by atoms with Gasteiger partial charge in [-0.3, -0.25) is 4.79 Å². The van der Waals surface area contributed by atoms with E-state index in [-0.39, 0.29) is 18.5 Å². The summed E-state index contributed by atoms with van der Waals surface area (Å²) in [5.41, 5.74) is -6.36. The van der Waals surface area contributed by atoms with Crippen LogP contribution in [0, 0.1) is 11.3 Å². The average molecular weight is 392 g/mol. The van der Waals surface area contributed by atoms with E-state index in [1.54, 1.807) is 0 Å². The monoisotopic (exact) mass is 392 g/mol. The maximum atomic E-state index is 13.6. The Hall–Kier alpha value is -1.32. The maximum absolute atomic E-state index is 13.6. The molecule has 0 spiro atoms. The van der Waals surface area contributed by atoms with Gasteiger partial charge >= 0.3 is 5.97 Å². The van der Waals surface area contributed by atoms with Gasteiger partial charge in [-0.2, -0.15) is 0 Å². The summed E-state index contributed by atoms with van der Waals surface area (Å²) < 4.78 is 17.0. The number of hydrogen-bond acceptors (Lipinski definition) is 8. The van der Waals surface area contributed by atoms with Crippen LogP contribution < -0.4 is 0 Å². The molecule has 0 aromatic heterocycles. The van der Waals surface area contributed by atoms with Crippen LogP contribution in [0.25, 0.3) is 0 Å².